The molecule has 0 fully saturated rings. The fraction of sp³-hybridized carbons (Fsp3) is 0.750. The molecule has 1 rings (SSSR count). The molecule has 5 nitrogen and oxygen atoms in total. The van der Waals surface area contributed by atoms with Gasteiger partial charge in [0.15, 0.2) is 0 Å². The Kier molecular flexibility index (Phi) is 4.78. The van der Waals surface area contributed by atoms with Gasteiger partial charge in [-0.2, -0.15) is 0 Å². The standard InChI is InChI=1S/C8H15N3O2S/c1-6-10-11-8(14-6)9-4-7(13-3)5-12-2/h7H,4-5H2,1-3H3,(H,9,11). The summed E-state index contributed by atoms with van der Waals surface area (Å²) >= 11 is 1.53. The van der Waals surface area contributed by atoms with Gasteiger partial charge in [0.05, 0.1) is 12.7 Å². The maximum absolute atomic E-state index is 5.19. The van der Waals surface area contributed by atoms with Crippen LogP contribution in [0.25, 0.3) is 0 Å². The minimum absolute atomic E-state index is 0.0456. The maximum atomic E-state index is 5.19. The highest BCUT2D eigenvalue weighted by Crippen LogP contribution is 2.13. The van der Waals surface area contributed by atoms with Crippen LogP contribution in [0.2, 0.25) is 0 Å². The summed E-state index contributed by atoms with van der Waals surface area (Å²) in [4.78, 5) is 0. The van der Waals surface area contributed by atoms with E-state index in [4.69, 9.17) is 9.47 Å². The van der Waals surface area contributed by atoms with Gasteiger partial charge in [0.1, 0.15) is 5.01 Å². The molecule has 0 spiro atoms. The molecule has 1 aromatic heterocycles. The number of aryl methyl sites for hydroxylation is 1. The predicted octanol–water partition coefficient (Wildman–Crippen LogP) is 0.920. The Bertz CT molecular complexity index is 267. The van der Waals surface area contributed by atoms with Crippen molar-refractivity contribution in [3.8, 4) is 0 Å². The third-order valence-electron chi connectivity index (χ3n) is 1.69. The van der Waals surface area contributed by atoms with Crippen LogP contribution in [0.4, 0.5) is 5.13 Å². The molecular weight excluding hydrogens is 202 g/mol. The van der Waals surface area contributed by atoms with Gasteiger partial charge >= 0.3 is 0 Å². The molecule has 0 aromatic carbocycles. The first-order chi connectivity index (χ1) is 6.76. The highest BCUT2D eigenvalue weighted by Gasteiger charge is 2.07. The number of ether oxygens (including phenoxy) is 2. The largest absolute Gasteiger partial charge is 0.382 e. The molecule has 0 saturated heterocycles. The van der Waals surface area contributed by atoms with Crippen molar-refractivity contribution in [1.29, 1.82) is 0 Å². The first-order valence-electron chi connectivity index (χ1n) is 4.32. The molecule has 0 saturated carbocycles. The van der Waals surface area contributed by atoms with E-state index >= 15 is 0 Å². The number of rotatable bonds is 6. The Morgan fingerprint density at radius 2 is 2.21 bits per heavy atom. The molecule has 1 atom stereocenters. The lowest BCUT2D eigenvalue weighted by Gasteiger charge is -2.13. The van der Waals surface area contributed by atoms with Crippen molar-refractivity contribution in [2.75, 3.05) is 32.7 Å². The summed E-state index contributed by atoms with van der Waals surface area (Å²) in [7, 11) is 3.32. The molecule has 1 heterocycles. The van der Waals surface area contributed by atoms with E-state index in [9.17, 15) is 0 Å². The molecule has 0 amide bonds. The van der Waals surface area contributed by atoms with E-state index in [1.54, 1.807) is 14.2 Å². The Balaban J connectivity index is 2.31. The van der Waals surface area contributed by atoms with Crippen molar-refractivity contribution in [3.63, 3.8) is 0 Å². The van der Waals surface area contributed by atoms with Crippen molar-refractivity contribution in [2.45, 2.75) is 13.0 Å². The molecular formula is C8H15N3O2S. The summed E-state index contributed by atoms with van der Waals surface area (Å²) in [5.74, 6) is 0. The van der Waals surface area contributed by atoms with Crippen LogP contribution >= 0.6 is 11.3 Å². The molecule has 1 aromatic rings. The predicted molar refractivity (Wildman–Crippen MR) is 55.8 cm³/mol. The number of nitrogens with zero attached hydrogens (tertiary/aromatic N) is 2. The van der Waals surface area contributed by atoms with Crippen LogP contribution in [0.1, 0.15) is 5.01 Å². The van der Waals surface area contributed by atoms with E-state index < -0.39 is 0 Å². The second kappa shape index (κ2) is 5.90. The SMILES string of the molecule is COCC(CNc1nnc(C)s1)OC. The first-order valence-corrected chi connectivity index (χ1v) is 5.13. The van der Waals surface area contributed by atoms with Crippen molar-refractivity contribution >= 4 is 16.5 Å². The van der Waals surface area contributed by atoms with Crippen LogP contribution in [0.3, 0.4) is 0 Å². The minimum atomic E-state index is 0.0456. The Hall–Kier alpha value is -0.720. The topological polar surface area (TPSA) is 56.3 Å². The molecule has 0 aliphatic heterocycles. The highest BCUT2D eigenvalue weighted by atomic mass is 32.1. The molecule has 1 N–H and O–H groups in total. The molecule has 0 aliphatic carbocycles. The van der Waals surface area contributed by atoms with Crippen molar-refractivity contribution in [3.05, 3.63) is 5.01 Å². The fourth-order valence-electron chi connectivity index (χ4n) is 0.965. The van der Waals surface area contributed by atoms with Crippen LogP contribution in [0.15, 0.2) is 0 Å². The number of hydrogen-bond donors (Lipinski definition) is 1. The summed E-state index contributed by atoms with van der Waals surface area (Å²) in [5.41, 5.74) is 0. The van der Waals surface area contributed by atoms with Gasteiger partial charge < -0.3 is 14.8 Å². The van der Waals surface area contributed by atoms with Crippen LogP contribution in [-0.4, -0.2) is 43.7 Å². The normalized spacial score (nSPS) is 12.8. The quantitative estimate of drug-likeness (QED) is 0.768. The zero-order valence-corrected chi connectivity index (χ0v) is 9.43. The summed E-state index contributed by atoms with van der Waals surface area (Å²) in [6.45, 7) is 3.17. The lowest BCUT2D eigenvalue weighted by molar-refractivity contribution is 0.0365. The van der Waals surface area contributed by atoms with Gasteiger partial charge in [-0.3, -0.25) is 0 Å². The summed E-state index contributed by atoms with van der Waals surface area (Å²) in [5, 5.41) is 12.8. The maximum Gasteiger partial charge on any atom is 0.205 e. The lowest BCUT2D eigenvalue weighted by Crippen LogP contribution is -2.26. The van der Waals surface area contributed by atoms with Crippen LogP contribution in [0.5, 0.6) is 0 Å². The Morgan fingerprint density at radius 1 is 1.43 bits per heavy atom. The van der Waals surface area contributed by atoms with Gasteiger partial charge in [-0.25, -0.2) is 0 Å². The van der Waals surface area contributed by atoms with Crippen molar-refractivity contribution in [1.82, 2.24) is 10.2 Å². The molecule has 0 radical (unpaired) electrons. The van der Waals surface area contributed by atoms with Crippen molar-refractivity contribution < 1.29 is 9.47 Å². The van der Waals surface area contributed by atoms with E-state index in [0.29, 0.717) is 13.2 Å². The van der Waals surface area contributed by atoms with E-state index in [1.807, 2.05) is 6.92 Å². The molecule has 1 unspecified atom stereocenters. The van der Waals surface area contributed by atoms with Gasteiger partial charge in [-0.15, -0.1) is 10.2 Å². The van der Waals surface area contributed by atoms with Crippen LogP contribution < -0.4 is 5.32 Å². The number of hydrogen-bond acceptors (Lipinski definition) is 6. The van der Waals surface area contributed by atoms with Gasteiger partial charge in [0.2, 0.25) is 5.13 Å². The van der Waals surface area contributed by atoms with Gasteiger partial charge in [-0.1, -0.05) is 11.3 Å². The average molecular weight is 217 g/mol. The van der Waals surface area contributed by atoms with Gasteiger partial charge in [0.25, 0.3) is 0 Å². The second-order valence-electron chi connectivity index (χ2n) is 2.82. The van der Waals surface area contributed by atoms with E-state index in [2.05, 4.69) is 15.5 Å². The number of nitrogens with one attached hydrogen (secondary N) is 1. The lowest BCUT2D eigenvalue weighted by atomic mass is 10.4. The van der Waals surface area contributed by atoms with Gasteiger partial charge in [0, 0.05) is 20.8 Å². The zero-order chi connectivity index (χ0) is 10.4. The third-order valence-corrected chi connectivity index (χ3v) is 2.49. The van der Waals surface area contributed by atoms with Gasteiger partial charge in [-0.05, 0) is 6.92 Å². The van der Waals surface area contributed by atoms with E-state index in [-0.39, 0.29) is 6.10 Å². The van der Waals surface area contributed by atoms with Crippen molar-refractivity contribution in [2.24, 2.45) is 0 Å². The third kappa shape index (κ3) is 3.57. The molecule has 14 heavy (non-hydrogen) atoms. The zero-order valence-electron chi connectivity index (χ0n) is 8.61. The summed E-state index contributed by atoms with van der Waals surface area (Å²) < 4.78 is 10.2. The number of methoxy groups -OCH3 is 2. The van der Waals surface area contributed by atoms with E-state index in [1.165, 1.54) is 11.3 Å². The smallest absolute Gasteiger partial charge is 0.205 e. The molecule has 0 aliphatic rings. The average Bonchev–Trinajstić information content (AvgIpc) is 2.59. The number of aromatic nitrogens is 2. The van der Waals surface area contributed by atoms with E-state index in [0.717, 1.165) is 10.1 Å². The molecule has 0 bridgehead atoms. The summed E-state index contributed by atoms with van der Waals surface area (Å²) in [6.07, 6.45) is 0.0456. The highest BCUT2D eigenvalue weighted by molar-refractivity contribution is 7.15. The fourth-order valence-corrected chi connectivity index (χ4v) is 1.56. The Morgan fingerprint density at radius 3 is 2.71 bits per heavy atom. The number of anilines is 1. The second-order valence-corrected chi connectivity index (χ2v) is 4.00. The first kappa shape index (κ1) is 11.4. The summed E-state index contributed by atoms with van der Waals surface area (Å²) in [6, 6.07) is 0. The Labute approximate surface area is 87.4 Å². The molecule has 80 valence electrons. The molecule has 6 heteroatoms. The van der Waals surface area contributed by atoms with Crippen LogP contribution in [-0.2, 0) is 9.47 Å². The monoisotopic (exact) mass is 217 g/mol. The minimum Gasteiger partial charge on any atom is -0.382 e. The van der Waals surface area contributed by atoms with Crippen LogP contribution in [0, 0.1) is 6.92 Å².